The number of hydrogen-bond donors (Lipinski definition) is 1. The molecule has 0 fully saturated rings. The van der Waals surface area contributed by atoms with Crippen LogP contribution in [-0.2, 0) is 0 Å². The van der Waals surface area contributed by atoms with Crippen LogP contribution in [0, 0.1) is 6.92 Å². The Hall–Kier alpha value is -1.06. The van der Waals surface area contributed by atoms with Crippen molar-refractivity contribution in [3.8, 4) is 5.75 Å². The van der Waals surface area contributed by atoms with Crippen LogP contribution in [0.25, 0.3) is 0 Å². The lowest BCUT2D eigenvalue weighted by Gasteiger charge is -2.23. The maximum Gasteiger partial charge on any atom is 0.125 e. The van der Waals surface area contributed by atoms with Gasteiger partial charge in [0.05, 0.1) is 12.7 Å². The molecule has 1 rings (SSSR count). The molecule has 0 spiro atoms. The van der Waals surface area contributed by atoms with E-state index < -0.39 is 6.10 Å². The zero-order valence-electron chi connectivity index (χ0n) is 14.1. The van der Waals surface area contributed by atoms with Crippen molar-refractivity contribution in [3.05, 3.63) is 29.3 Å². The van der Waals surface area contributed by atoms with Crippen molar-refractivity contribution >= 4 is 0 Å². The molecule has 3 heteroatoms. The highest BCUT2D eigenvalue weighted by Crippen LogP contribution is 2.28. The summed E-state index contributed by atoms with van der Waals surface area (Å²) in [5, 5.41) is 10.5. The van der Waals surface area contributed by atoms with E-state index in [0.717, 1.165) is 42.9 Å². The zero-order valence-corrected chi connectivity index (χ0v) is 14.1. The second-order valence-electron chi connectivity index (χ2n) is 5.57. The highest BCUT2D eigenvalue weighted by Gasteiger charge is 2.15. The summed E-state index contributed by atoms with van der Waals surface area (Å²) in [6, 6.07) is 6.03. The van der Waals surface area contributed by atoms with Gasteiger partial charge in [-0.05, 0) is 51.9 Å². The third kappa shape index (κ3) is 6.06. The van der Waals surface area contributed by atoms with Gasteiger partial charge in [-0.1, -0.05) is 31.9 Å². The molecule has 21 heavy (non-hydrogen) atoms. The van der Waals surface area contributed by atoms with Gasteiger partial charge in [-0.15, -0.1) is 0 Å². The largest absolute Gasteiger partial charge is 0.493 e. The van der Waals surface area contributed by atoms with E-state index in [9.17, 15) is 5.11 Å². The lowest BCUT2D eigenvalue weighted by atomic mass is 10.0. The molecule has 1 N–H and O–H groups in total. The van der Waals surface area contributed by atoms with Crippen LogP contribution in [0.3, 0.4) is 0 Å². The van der Waals surface area contributed by atoms with E-state index in [1.165, 1.54) is 12.8 Å². The van der Waals surface area contributed by atoms with Crippen molar-refractivity contribution in [1.82, 2.24) is 4.90 Å². The van der Waals surface area contributed by atoms with Gasteiger partial charge in [0.1, 0.15) is 5.75 Å². The van der Waals surface area contributed by atoms with Gasteiger partial charge in [0.25, 0.3) is 0 Å². The number of aryl methyl sites for hydroxylation is 1. The Bertz CT molecular complexity index is 406. The quantitative estimate of drug-likeness (QED) is 0.709. The number of aliphatic hydroxyl groups excluding tert-OH is 1. The highest BCUT2D eigenvalue weighted by atomic mass is 16.5. The first-order valence-electron chi connectivity index (χ1n) is 8.26. The molecule has 1 unspecified atom stereocenters. The van der Waals surface area contributed by atoms with E-state index in [2.05, 4.69) is 18.7 Å². The molecule has 0 saturated carbocycles. The Labute approximate surface area is 129 Å². The number of rotatable bonds is 10. The van der Waals surface area contributed by atoms with Crippen molar-refractivity contribution in [1.29, 1.82) is 0 Å². The number of nitrogens with zero attached hydrogens (tertiary/aromatic N) is 1. The standard InChI is InChI=1S/C18H31NO2/c1-5-8-12-19(6-2)13-11-17(20)16-14-15(4)9-10-18(16)21-7-3/h9-10,14,17,20H,5-8,11-13H2,1-4H3. The predicted molar refractivity (Wildman–Crippen MR) is 88.9 cm³/mol. The molecule has 0 aromatic heterocycles. The molecule has 0 heterocycles. The molecule has 1 aromatic carbocycles. The third-order valence-corrected chi connectivity index (χ3v) is 3.82. The summed E-state index contributed by atoms with van der Waals surface area (Å²) >= 11 is 0. The second-order valence-corrected chi connectivity index (χ2v) is 5.57. The zero-order chi connectivity index (χ0) is 15.7. The maximum absolute atomic E-state index is 10.5. The SMILES string of the molecule is CCCCN(CC)CCC(O)c1cc(C)ccc1OCC. The minimum absolute atomic E-state index is 0.456. The van der Waals surface area contributed by atoms with Crippen LogP contribution in [0.2, 0.25) is 0 Å². The third-order valence-electron chi connectivity index (χ3n) is 3.82. The molecule has 0 saturated heterocycles. The Morgan fingerprint density at radius 3 is 2.57 bits per heavy atom. The van der Waals surface area contributed by atoms with Gasteiger partial charge in [0.2, 0.25) is 0 Å². The van der Waals surface area contributed by atoms with Gasteiger partial charge in [-0.25, -0.2) is 0 Å². The minimum Gasteiger partial charge on any atom is -0.493 e. The average Bonchev–Trinajstić information content (AvgIpc) is 2.49. The molecule has 0 aliphatic heterocycles. The monoisotopic (exact) mass is 293 g/mol. The molecular weight excluding hydrogens is 262 g/mol. The molecule has 120 valence electrons. The van der Waals surface area contributed by atoms with Crippen LogP contribution >= 0.6 is 0 Å². The molecule has 1 atom stereocenters. The minimum atomic E-state index is -0.456. The van der Waals surface area contributed by atoms with Gasteiger partial charge in [-0.2, -0.15) is 0 Å². The Morgan fingerprint density at radius 1 is 1.19 bits per heavy atom. The molecule has 0 bridgehead atoms. The van der Waals surface area contributed by atoms with E-state index in [1.54, 1.807) is 0 Å². The fraction of sp³-hybridized carbons (Fsp3) is 0.667. The summed E-state index contributed by atoms with van der Waals surface area (Å²) in [5.74, 6) is 0.812. The van der Waals surface area contributed by atoms with Crippen LogP contribution in [0.15, 0.2) is 18.2 Å². The number of aliphatic hydroxyl groups is 1. The van der Waals surface area contributed by atoms with Crippen molar-refractivity contribution in [2.24, 2.45) is 0 Å². The van der Waals surface area contributed by atoms with Crippen LogP contribution in [0.5, 0.6) is 5.75 Å². The van der Waals surface area contributed by atoms with Gasteiger partial charge in [0.15, 0.2) is 0 Å². The van der Waals surface area contributed by atoms with Crippen LogP contribution in [-0.4, -0.2) is 36.2 Å². The number of unbranched alkanes of at least 4 members (excludes halogenated alkanes) is 1. The Morgan fingerprint density at radius 2 is 1.95 bits per heavy atom. The first kappa shape index (κ1) is 18.0. The summed E-state index contributed by atoms with van der Waals surface area (Å²) < 4.78 is 5.64. The fourth-order valence-electron chi connectivity index (χ4n) is 2.49. The van der Waals surface area contributed by atoms with Crippen molar-refractivity contribution in [2.45, 2.75) is 53.1 Å². The van der Waals surface area contributed by atoms with Gasteiger partial charge >= 0.3 is 0 Å². The van der Waals surface area contributed by atoms with Gasteiger partial charge in [-0.3, -0.25) is 0 Å². The second kappa shape index (κ2) is 9.80. The molecular formula is C18H31NO2. The van der Waals surface area contributed by atoms with Crippen molar-refractivity contribution in [3.63, 3.8) is 0 Å². The average molecular weight is 293 g/mol. The van der Waals surface area contributed by atoms with E-state index in [0.29, 0.717) is 6.61 Å². The summed E-state index contributed by atoms with van der Waals surface area (Å²) in [4.78, 5) is 2.41. The summed E-state index contributed by atoms with van der Waals surface area (Å²) in [5.41, 5.74) is 2.08. The number of hydrogen-bond acceptors (Lipinski definition) is 3. The van der Waals surface area contributed by atoms with Crippen LogP contribution in [0.1, 0.15) is 57.3 Å². The molecule has 0 aliphatic rings. The van der Waals surface area contributed by atoms with Crippen molar-refractivity contribution < 1.29 is 9.84 Å². The highest BCUT2D eigenvalue weighted by molar-refractivity contribution is 5.38. The molecule has 1 aromatic rings. The van der Waals surface area contributed by atoms with E-state index in [1.807, 2.05) is 32.0 Å². The van der Waals surface area contributed by atoms with Gasteiger partial charge in [0, 0.05) is 12.1 Å². The summed E-state index contributed by atoms with van der Waals surface area (Å²) in [7, 11) is 0. The van der Waals surface area contributed by atoms with E-state index in [4.69, 9.17) is 4.74 Å². The van der Waals surface area contributed by atoms with Crippen LogP contribution < -0.4 is 4.74 Å². The van der Waals surface area contributed by atoms with Crippen molar-refractivity contribution in [2.75, 3.05) is 26.2 Å². The first-order chi connectivity index (χ1) is 10.1. The lowest BCUT2D eigenvalue weighted by molar-refractivity contribution is 0.139. The Kier molecular flexibility index (Phi) is 8.40. The molecule has 0 aliphatic carbocycles. The molecule has 3 nitrogen and oxygen atoms in total. The van der Waals surface area contributed by atoms with E-state index >= 15 is 0 Å². The number of ether oxygens (including phenoxy) is 1. The molecule has 0 radical (unpaired) electrons. The van der Waals surface area contributed by atoms with Gasteiger partial charge < -0.3 is 14.7 Å². The fourth-order valence-corrected chi connectivity index (χ4v) is 2.49. The normalized spacial score (nSPS) is 12.7. The molecule has 0 amide bonds. The number of benzene rings is 1. The summed E-state index contributed by atoms with van der Waals surface area (Å²) in [6.45, 7) is 12.1. The smallest absolute Gasteiger partial charge is 0.125 e. The predicted octanol–water partition coefficient (Wildman–Crippen LogP) is 3.94. The van der Waals surface area contributed by atoms with E-state index in [-0.39, 0.29) is 0 Å². The summed E-state index contributed by atoms with van der Waals surface area (Å²) in [6.07, 6.45) is 2.73. The van der Waals surface area contributed by atoms with Crippen LogP contribution in [0.4, 0.5) is 0 Å². The maximum atomic E-state index is 10.5. The first-order valence-corrected chi connectivity index (χ1v) is 8.26. The Balaban J connectivity index is 2.65. The topological polar surface area (TPSA) is 32.7 Å². The lowest BCUT2D eigenvalue weighted by Crippen LogP contribution is -2.27.